The standard InChI is InChI=1S/C22H26N6O2/c1-26(2)10-5-8-20(29)27-11-9-19-16(13-27)14-28-21(19)22(23-15-24-28)25-17-6-4-7-18(12-17)30-3/h4-8,12,14-15H,9-11,13H2,1-3H3,(H,23,24,25)/b8-5+. The first-order valence-electron chi connectivity index (χ1n) is 9.90. The Hall–Kier alpha value is -3.39. The number of aromatic nitrogens is 3. The molecule has 8 heteroatoms. The summed E-state index contributed by atoms with van der Waals surface area (Å²) in [7, 11) is 5.61. The van der Waals surface area contributed by atoms with Crippen LogP contribution in [0.5, 0.6) is 5.75 Å². The highest BCUT2D eigenvalue weighted by molar-refractivity contribution is 5.88. The van der Waals surface area contributed by atoms with E-state index in [1.165, 1.54) is 11.9 Å². The second kappa shape index (κ2) is 8.54. The summed E-state index contributed by atoms with van der Waals surface area (Å²) in [6, 6.07) is 7.73. The summed E-state index contributed by atoms with van der Waals surface area (Å²) in [6.07, 6.45) is 7.85. The number of carbonyl (C=O) groups excluding carboxylic acids is 1. The molecular weight excluding hydrogens is 380 g/mol. The number of ether oxygens (including phenoxy) is 1. The molecule has 0 saturated carbocycles. The van der Waals surface area contributed by atoms with E-state index in [4.69, 9.17) is 4.74 Å². The van der Waals surface area contributed by atoms with Crippen LogP contribution in [0.4, 0.5) is 11.5 Å². The quantitative estimate of drug-likeness (QED) is 0.634. The van der Waals surface area contributed by atoms with Crippen molar-refractivity contribution in [3.05, 3.63) is 60.1 Å². The third kappa shape index (κ3) is 4.13. The number of anilines is 2. The maximum Gasteiger partial charge on any atom is 0.246 e. The normalized spacial score (nSPS) is 13.8. The minimum Gasteiger partial charge on any atom is -0.497 e. The molecule has 1 aliphatic heterocycles. The van der Waals surface area contributed by atoms with Gasteiger partial charge in [0.05, 0.1) is 7.11 Å². The fourth-order valence-corrected chi connectivity index (χ4v) is 3.66. The Morgan fingerprint density at radius 1 is 1.37 bits per heavy atom. The number of carbonyl (C=O) groups is 1. The van der Waals surface area contributed by atoms with Gasteiger partial charge < -0.3 is 19.9 Å². The van der Waals surface area contributed by atoms with Gasteiger partial charge in [-0.05, 0) is 43.8 Å². The average Bonchev–Trinajstić information content (AvgIpc) is 3.12. The molecule has 8 nitrogen and oxygen atoms in total. The third-order valence-corrected chi connectivity index (χ3v) is 5.14. The number of hydrogen-bond acceptors (Lipinski definition) is 6. The maximum atomic E-state index is 12.5. The monoisotopic (exact) mass is 406 g/mol. The molecule has 30 heavy (non-hydrogen) atoms. The lowest BCUT2D eigenvalue weighted by Gasteiger charge is -2.26. The lowest BCUT2D eigenvalue weighted by atomic mass is 10.0. The minimum atomic E-state index is 0.0403. The fourth-order valence-electron chi connectivity index (χ4n) is 3.66. The number of fused-ring (bicyclic) bond motifs is 3. The molecule has 0 radical (unpaired) electrons. The maximum absolute atomic E-state index is 12.5. The van der Waals surface area contributed by atoms with Gasteiger partial charge in [-0.25, -0.2) is 9.50 Å². The molecule has 0 fully saturated rings. The molecule has 0 saturated heterocycles. The third-order valence-electron chi connectivity index (χ3n) is 5.14. The number of hydrogen-bond donors (Lipinski definition) is 1. The molecule has 0 spiro atoms. The van der Waals surface area contributed by atoms with Crippen molar-refractivity contribution in [2.24, 2.45) is 0 Å². The van der Waals surface area contributed by atoms with Crippen molar-refractivity contribution in [3.8, 4) is 5.75 Å². The van der Waals surface area contributed by atoms with E-state index >= 15 is 0 Å². The highest BCUT2D eigenvalue weighted by atomic mass is 16.5. The molecule has 0 atom stereocenters. The van der Waals surface area contributed by atoms with Crippen LogP contribution in [-0.4, -0.2) is 64.6 Å². The van der Waals surface area contributed by atoms with Gasteiger partial charge in [0.15, 0.2) is 5.82 Å². The molecule has 156 valence electrons. The van der Waals surface area contributed by atoms with Gasteiger partial charge in [0, 0.05) is 43.7 Å². The number of amides is 1. The Balaban J connectivity index is 1.58. The van der Waals surface area contributed by atoms with Gasteiger partial charge in [-0.1, -0.05) is 12.1 Å². The van der Waals surface area contributed by atoms with Crippen molar-refractivity contribution in [2.45, 2.75) is 13.0 Å². The molecule has 3 aromatic rings. The zero-order valence-corrected chi connectivity index (χ0v) is 17.5. The van der Waals surface area contributed by atoms with Gasteiger partial charge in [0.1, 0.15) is 17.6 Å². The highest BCUT2D eigenvalue weighted by Crippen LogP contribution is 2.30. The largest absolute Gasteiger partial charge is 0.497 e. The average molecular weight is 406 g/mol. The molecule has 0 aliphatic carbocycles. The van der Waals surface area contributed by atoms with E-state index in [1.807, 2.05) is 64.9 Å². The molecule has 3 heterocycles. The van der Waals surface area contributed by atoms with Gasteiger partial charge >= 0.3 is 0 Å². The number of likely N-dealkylation sites (N-methyl/N-ethyl adjacent to an activating group) is 1. The Morgan fingerprint density at radius 2 is 2.23 bits per heavy atom. The van der Waals surface area contributed by atoms with Crippen molar-refractivity contribution >= 4 is 22.9 Å². The van der Waals surface area contributed by atoms with Gasteiger partial charge in [-0.2, -0.15) is 5.10 Å². The summed E-state index contributed by atoms with van der Waals surface area (Å²) in [5.41, 5.74) is 4.13. The predicted octanol–water partition coefficient (Wildman–Crippen LogP) is 2.48. The Morgan fingerprint density at radius 3 is 3.03 bits per heavy atom. The summed E-state index contributed by atoms with van der Waals surface area (Å²) >= 11 is 0. The highest BCUT2D eigenvalue weighted by Gasteiger charge is 2.24. The van der Waals surface area contributed by atoms with E-state index in [-0.39, 0.29) is 5.91 Å². The SMILES string of the molecule is COc1cccc(Nc2ncnn3cc4c(c23)CCN(C(=O)/C=C/CN(C)C)C4)c1. The lowest BCUT2D eigenvalue weighted by molar-refractivity contribution is -0.126. The molecule has 1 N–H and O–H groups in total. The predicted molar refractivity (Wildman–Crippen MR) is 116 cm³/mol. The molecule has 0 bridgehead atoms. The summed E-state index contributed by atoms with van der Waals surface area (Å²) in [4.78, 5) is 20.9. The topological polar surface area (TPSA) is 75.0 Å². The Labute approximate surface area is 175 Å². The van der Waals surface area contributed by atoms with Crippen LogP contribution < -0.4 is 10.1 Å². The number of nitrogens with zero attached hydrogens (tertiary/aromatic N) is 5. The molecular formula is C22H26N6O2. The first-order valence-corrected chi connectivity index (χ1v) is 9.90. The van der Waals surface area contributed by atoms with Crippen molar-refractivity contribution in [1.82, 2.24) is 24.4 Å². The van der Waals surface area contributed by atoms with Crippen LogP contribution in [0.1, 0.15) is 11.1 Å². The van der Waals surface area contributed by atoms with Crippen LogP contribution in [0.15, 0.2) is 48.9 Å². The number of methoxy groups -OCH3 is 1. The first-order chi connectivity index (χ1) is 14.5. The lowest BCUT2D eigenvalue weighted by Crippen LogP contribution is -2.34. The van der Waals surface area contributed by atoms with Gasteiger partial charge in [0.25, 0.3) is 0 Å². The number of rotatable bonds is 6. The molecule has 4 rings (SSSR count). The smallest absolute Gasteiger partial charge is 0.246 e. The van der Waals surface area contributed by atoms with Crippen molar-refractivity contribution < 1.29 is 9.53 Å². The van der Waals surface area contributed by atoms with E-state index < -0.39 is 0 Å². The molecule has 1 aromatic carbocycles. The van der Waals surface area contributed by atoms with Crippen LogP contribution >= 0.6 is 0 Å². The van der Waals surface area contributed by atoms with Crippen LogP contribution in [0, 0.1) is 0 Å². The van der Waals surface area contributed by atoms with Crippen molar-refractivity contribution in [2.75, 3.05) is 39.6 Å². The number of nitrogens with one attached hydrogen (secondary N) is 1. The van der Waals surface area contributed by atoms with Crippen LogP contribution in [0.3, 0.4) is 0 Å². The van der Waals surface area contributed by atoms with Gasteiger partial charge in [-0.15, -0.1) is 0 Å². The van der Waals surface area contributed by atoms with E-state index in [0.717, 1.165) is 41.3 Å². The molecule has 1 aliphatic rings. The van der Waals surface area contributed by atoms with E-state index in [1.54, 1.807) is 13.2 Å². The second-order valence-electron chi connectivity index (χ2n) is 7.57. The summed E-state index contributed by atoms with van der Waals surface area (Å²) in [6.45, 7) is 1.99. The first kappa shape index (κ1) is 19.9. The fraction of sp³-hybridized carbons (Fsp3) is 0.318. The molecule has 0 unspecified atom stereocenters. The van der Waals surface area contributed by atoms with Crippen molar-refractivity contribution in [1.29, 1.82) is 0 Å². The van der Waals surface area contributed by atoms with Gasteiger partial charge in [0.2, 0.25) is 5.91 Å². The number of benzene rings is 1. The second-order valence-corrected chi connectivity index (χ2v) is 7.57. The van der Waals surface area contributed by atoms with Gasteiger partial charge in [-0.3, -0.25) is 4.79 Å². The molecule has 1 amide bonds. The molecule has 2 aromatic heterocycles. The zero-order chi connectivity index (χ0) is 21.1. The van der Waals surface area contributed by atoms with E-state index in [2.05, 4.69) is 15.4 Å². The zero-order valence-electron chi connectivity index (χ0n) is 17.5. The van der Waals surface area contributed by atoms with Crippen LogP contribution in [-0.2, 0) is 17.8 Å². The minimum absolute atomic E-state index is 0.0403. The summed E-state index contributed by atoms with van der Waals surface area (Å²) in [5.74, 6) is 1.56. The Kier molecular flexibility index (Phi) is 5.67. The van der Waals surface area contributed by atoms with E-state index in [0.29, 0.717) is 13.1 Å². The van der Waals surface area contributed by atoms with E-state index in [9.17, 15) is 4.79 Å². The summed E-state index contributed by atoms with van der Waals surface area (Å²) in [5, 5.41) is 7.76. The van der Waals surface area contributed by atoms with Crippen LogP contribution in [0.2, 0.25) is 0 Å². The Bertz CT molecular complexity index is 1090. The summed E-state index contributed by atoms with van der Waals surface area (Å²) < 4.78 is 7.15. The van der Waals surface area contributed by atoms with Crippen molar-refractivity contribution in [3.63, 3.8) is 0 Å². The van der Waals surface area contributed by atoms with Crippen LogP contribution in [0.25, 0.3) is 5.52 Å².